The molecule has 1 aliphatic heterocycles. The van der Waals surface area contributed by atoms with Crippen molar-refractivity contribution in [3.63, 3.8) is 0 Å². The fourth-order valence-electron chi connectivity index (χ4n) is 4.80. The van der Waals surface area contributed by atoms with Crippen LogP contribution in [0, 0.1) is 18.8 Å². The first-order valence-electron chi connectivity index (χ1n) is 12.7. The standard InChI is InChI=1S/C27H33N7OS/c1-5-22-16(2)24(17(3)34-14-19(15-34)12-31-27(35)20-7-6-8-20)26(33-22)32-18(4)36-21-11-23-25(30-13-21)29-10-9-28-23/h9-11,13,19-20,33H,3,5-8,12,14-15H2,1-2,4H3,(H,31,35). The molecular formula is C27H33N7OS. The Morgan fingerprint density at radius 3 is 2.78 bits per heavy atom. The molecule has 1 saturated carbocycles. The predicted octanol–water partition coefficient (Wildman–Crippen LogP) is 4.88. The van der Waals surface area contributed by atoms with Crippen molar-refractivity contribution < 1.29 is 4.79 Å². The molecule has 2 N–H and O–H groups in total. The van der Waals surface area contributed by atoms with Gasteiger partial charge < -0.3 is 15.2 Å². The number of likely N-dealkylation sites (tertiary alicyclic amines) is 1. The summed E-state index contributed by atoms with van der Waals surface area (Å²) < 4.78 is 0. The summed E-state index contributed by atoms with van der Waals surface area (Å²) >= 11 is 1.56. The smallest absolute Gasteiger partial charge is 0.223 e. The third-order valence-electron chi connectivity index (χ3n) is 7.19. The van der Waals surface area contributed by atoms with Gasteiger partial charge in [0.1, 0.15) is 11.3 Å². The lowest BCUT2D eigenvalue weighted by atomic mass is 9.84. The molecule has 36 heavy (non-hydrogen) atoms. The summed E-state index contributed by atoms with van der Waals surface area (Å²) in [4.78, 5) is 36.9. The SMILES string of the molecule is C=C(c1c(N=C(C)Sc2cnc3nccnc3c2)[nH]c(CC)c1C)N1CC(CNC(=O)C2CCC2)C1. The predicted molar refractivity (Wildman–Crippen MR) is 145 cm³/mol. The zero-order chi connectivity index (χ0) is 25.2. The highest BCUT2D eigenvalue weighted by Gasteiger charge is 2.32. The van der Waals surface area contributed by atoms with Gasteiger partial charge in [-0.05, 0) is 44.7 Å². The molecule has 0 aromatic carbocycles. The van der Waals surface area contributed by atoms with Gasteiger partial charge in [-0.15, -0.1) is 0 Å². The minimum atomic E-state index is 0.228. The van der Waals surface area contributed by atoms with E-state index in [9.17, 15) is 4.79 Å². The van der Waals surface area contributed by atoms with Crippen molar-refractivity contribution in [3.8, 4) is 0 Å². The summed E-state index contributed by atoms with van der Waals surface area (Å²) in [5.74, 6) is 1.77. The molecule has 1 amide bonds. The van der Waals surface area contributed by atoms with Crippen molar-refractivity contribution in [2.75, 3.05) is 19.6 Å². The first-order chi connectivity index (χ1) is 17.4. The molecule has 1 saturated heterocycles. The number of H-pyrrole nitrogens is 1. The van der Waals surface area contributed by atoms with E-state index in [0.717, 1.165) is 71.4 Å². The summed E-state index contributed by atoms with van der Waals surface area (Å²) in [6, 6.07) is 1.99. The first kappa shape index (κ1) is 24.5. The average Bonchev–Trinajstić information content (AvgIpc) is 3.11. The molecule has 5 rings (SSSR count). The zero-order valence-electron chi connectivity index (χ0n) is 21.2. The molecule has 3 aromatic rings. The molecule has 0 atom stereocenters. The minimum Gasteiger partial charge on any atom is -0.371 e. The Hall–Kier alpha value is -3.20. The molecule has 3 aromatic heterocycles. The van der Waals surface area contributed by atoms with Crippen LogP contribution in [0.5, 0.6) is 0 Å². The third-order valence-corrected chi connectivity index (χ3v) is 8.04. The van der Waals surface area contributed by atoms with Gasteiger partial charge in [0.2, 0.25) is 5.91 Å². The first-order valence-corrected chi connectivity index (χ1v) is 13.5. The number of aromatic nitrogens is 4. The lowest BCUT2D eigenvalue weighted by Gasteiger charge is -2.42. The van der Waals surface area contributed by atoms with Crippen LogP contribution in [0.2, 0.25) is 0 Å². The van der Waals surface area contributed by atoms with Gasteiger partial charge in [-0.2, -0.15) is 0 Å². The zero-order valence-corrected chi connectivity index (χ0v) is 22.0. The largest absolute Gasteiger partial charge is 0.371 e. The number of thioether (sulfide) groups is 1. The number of carbonyl (C=O) groups excluding carboxylic acids is 1. The minimum absolute atomic E-state index is 0.228. The summed E-state index contributed by atoms with van der Waals surface area (Å²) in [6.07, 6.45) is 9.29. The van der Waals surface area contributed by atoms with E-state index in [1.807, 2.05) is 19.2 Å². The van der Waals surface area contributed by atoms with Crippen LogP contribution in [0.1, 0.15) is 49.9 Å². The molecule has 0 unspecified atom stereocenters. The number of pyridine rings is 1. The highest BCUT2D eigenvalue weighted by molar-refractivity contribution is 8.13. The van der Waals surface area contributed by atoms with Crippen molar-refractivity contribution in [3.05, 3.63) is 48.1 Å². The Labute approximate surface area is 216 Å². The second-order valence-corrected chi connectivity index (χ2v) is 11.0. The summed E-state index contributed by atoms with van der Waals surface area (Å²) in [5.41, 5.74) is 5.84. The highest BCUT2D eigenvalue weighted by Crippen LogP contribution is 2.37. The summed E-state index contributed by atoms with van der Waals surface area (Å²) in [5, 5.41) is 4.04. The van der Waals surface area contributed by atoms with Crippen molar-refractivity contribution >= 4 is 45.4 Å². The van der Waals surface area contributed by atoms with Gasteiger partial charge in [-0.1, -0.05) is 31.7 Å². The summed E-state index contributed by atoms with van der Waals surface area (Å²) in [6.45, 7) is 13.3. The van der Waals surface area contributed by atoms with Crippen LogP contribution in [0.25, 0.3) is 16.9 Å². The van der Waals surface area contributed by atoms with E-state index in [-0.39, 0.29) is 11.8 Å². The van der Waals surface area contributed by atoms with E-state index in [4.69, 9.17) is 4.99 Å². The van der Waals surface area contributed by atoms with Crippen molar-refractivity contribution in [1.82, 2.24) is 30.2 Å². The maximum Gasteiger partial charge on any atom is 0.223 e. The molecule has 8 nitrogen and oxygen atoms in total. The Morgan fingerprint density at radius 2 is 2.06 bits per heavy atom. The normalized spacial score (nSPS) is 16.6. The molecule has 0 radical (unpaired) electrons. The van der Waals surface area contributed by atoms with Gasteiger partial charge in [0.15, 0.2) is 5.65 Å². The van der Waals surface area contributed by atoms with Crippen LogP contribution in [0.3, 0.4) is 0 Å². The molecule has 0 bridgehead atoms. The fourth-order valence-corrected chi connectivity index (χ4v) is 5.56. The van der Waals surface area contributed by atoms with Crippen molar-refractivity contribution in [2.24, 2.45) is 16.8 Å². The molecule has 2 aliphatic rings. The molecule has 1 aliphatic carbocycles. The maximum absolute atomic E-state index is 12.2. The molecule has 0 spiro atoms. The van der Waals surface area contributed by atoms with Crippen LogP contribution < -0.4 is 5.32 Å². The highest BCUT2D eigenvalue weighted by atomic mass is 32.2. The Balaban J connectivity index is 1.27. The van der Waals surface area contributed by atoms with Crippen molar-refractivity contribution in [2.45, 2.75) is 51.3 Å². The lowest BCUT2D eigenvalue weighted by Crippen LogP contribution is -2.51. The molecule has 2 fully saturated rings. The number of hydrogen-bond acceptors (Lipinski definition) is 7. The van der Waals surface area contributed by atoms with Crippen molar-refractivity contribution in [1.29, 1.82) is 0 Å². The van der Waals surface area contributed by atoms with Crippen LogP contribution >= 0.6 is 11.8 Å². The number of rotatable bonds is 8. The second kappa shape index (κ2) is 10.4. The van der Waals surface area contributed by atoms with E-state index in [1.165, 1.54) is 17.7 Å². The van der Waals surface area contributed by atoms with E-state index in [1.54, 1.807) is 24.2 Å². The number of nitrogens with one attached hydrogen (secondary N) is 2. The molecular weight excluding hydrogens is 470 g/mol. The monoisotopic (exact) mass is 503 g/mol. The number of aromatic amines is 1. The average molecular weight is 504 g/mol. The van der Waals surface area contributed by atoms with E-state index in [0.29, 0.717) is 11.6 Å². The van der Waals surface area contributed by atoms with Crippen LogP contribution in [0.4, 0.5) is 5.82 Å². The number of hydrogen-bond donors (Lipinski definition) is 2. The Kier molecular flexibility index (Phi) is 7.09. The lowest BCUT2D eigenvalue weighted by molar-refractivity contribution is -0.127. The molecule has 188 valence electrons. The molecule has 4 heterocycles. The van der Waals surface area contributed by atoms with Gasteiger partial charge in [-0.3, -0.25) is 9.78 Å². The maximum atomic E-state index is 12.2. The Morgan fingerprint density at radius 1 is 1.28 bits per heavy atom. The van der Waals surface area contributed by atoms with Crippen LogP contribution in [-0.2, 0) is 11.2 Å². The second-order valence-electron chi connectivity index (χ2n) is 9.70. The van der Waals surface area contributed by atoms with Gasteiger partial charge in [-0.25, -0.2) is 15.0 Å². The van der Waals surface area contributed by atoms with Gasteiger partial charge in [0, 0.05) is 71.9 Å². The van der Waals surface area contributed by atoms with Gasteiger partial charge in [0.25, 0.3) is 0 Å². The van der Waals surface area contributed by atoms with Gasteiger partial charge in [0.05, 0.1) is 5.04 Å². The van der Waals surface area contributed by atoms with Gasteiger partial charge >= 0.3 is 0 Å². The van der Waals surface area contributed by atoms with E-state index < -0.39 is 0 Å². The quantitative estimate of drug-likeness (QED) is 0.258. The topological polar surface area (TPSA) is 99.2 Å². The number of fused-ring (bicyclic) bond motifs is 1. The van der Waals surface area contributed by atoms with E-state index in [2.05, 4.69) is 50.6 Å². The number of nitrogens with zero attached hydrogens (tertiary/aromatic N) is 5. The molecule has 9 heteroatoms. The number of carbonyl (C=O) groups is 1. The Bertz CT molecular complexity index is 1320. The third kappa shape index (κ3) is 5.02. The van der Waals surface area contributed by atoms with Crippen LogP contribution in [0.15, 0.2) is 41.1 Å². The number of aliphatic imine (C=N–C) groups is 1. The van der Waals surface area contributed by atoms with Crippen LogP contribution in [-0.4, -0.2) is 55.4 Å². The van der Waals surface area contributed by atoms with E-state index >= 15 is 0 Å². The number of aryl methyl sites for hydroxylation is 1. The fraction of sp³-hybridized carbons (Fsp3) is 0.444. The number of amides is 1. The summed E-state index contributed by atoms with van der Waals surface area (Å²) in [7, 11) is 0.